The van der Waals surface area contributed by atoms with Crippen molar-refractivity contribution in [2.24, 2.45) is 0 Å². The number of nitrogens with zero attached hydrogens (tertiary/aromatic N) is 5. The van der Waals surface area contributed by atoms with E-state index in [9.17, 15) is 4.79 Å². The van der Waals surface area contributed by atoms with Crippen LogP contribution in [0.1, 0.15) is 22.0 Å². The molecule has 0 aliphatic carbocycles. The SMILES string of the molecule is CN(C)[C@@H](CNC(=O)c1cccc(-n2cnnn2)c1)c1ccccc1Cl. The van der Waals surface area contributed by atoms with E-state index in [1.54, 1.807) is 18.2 Å². The molecular formula is C18H19ClN6O. The maximum absolute atomic E-state index is 12.6. The van der Waals surface area contributed by atoms with Crippen molar-refractivity contribution in [3.8, 4) is 5.69 Å². The predicted molar refractivity (Wildman–Crippen MR) is 99.4 cm³/mol. The van der Waals surface area contributed by atoms with Crippen molar-refractivity contribution in [3.05, 3.63) is 71.0 Å². The number of aromatic nitrogens is 4. The summed E-state index contributed by atoms with van der Waals surface area (Å²) in [6.45, 7) is 0.435. The second kappa shape index (κ2) is 8.07. The summed E-state index contributed by atoms with van der Waals surface area (Å²) >= 11 is 6.31. The first-order valence-electron chi connectivity index (χ1n) is 8.08. The van der Waals surface area contributed by atoms with E-state index in [2.05, 4.69) is 20.8 Å². The van der Waals surface area contributed by atoms with E-state index >= 15 is 0 Å². The first kappa shape index (κ1) is 18.0. The molecule has 1 amide bonds. The Labute approximate surface area is 156 Å². The molecule has 1 atom stereocenters. The van der Waals surface area contributed by atoms with Gasteiger partial charge in [-0.2, -0.15) is 0 Å². The third-order valence-electron chi connectivity index (χ3n) is 4.07. The lowest BCUT2D eigenvalue weighted by Gasteiger charge is -2.26. The lowest BCUT2D eigenvalue weighted by Crippen LogP contribution is -2.34. The van der Waals surface area contributed by atoms with Crippen LogP contribution in [0.25, 0.3) is 5.69 Å². The molecule has 0 saturated heterocycles. The van der Waals surface area contributed by atoms with Gasteiger partial charge in [0, 0.05) is 17.1 Å². The maximum Gasteiger partial charge on any atom is 0.251 e. The molecule has 1 N–H and O–H groups in total. The van der Waals surface area contributed by atoms with Crippen LogP contribution in [-0.4, -0.2) is 51.7 Å². The molecule has 8 heteroatoms. The fourth-order valence-corrected chi connectivity index (χ4v) is 2.94. The zero-order valence-corrected chi connectivity index (χ0v) is 15.3. The second-order valence-electron chi connectivity index (χ2n) is 6.02. The third-order valence-corrected chi connectivity index (χ3v) is 4.41. The fraction of sp³-hybridized carbons (Fsp3) is 0.222. The molecule has 0 aliphatic rings. The number of hydrogen-bond acceptors (Lipinski definition) is 5. The first-order valence-corrected chi connectivity index (χ1v) is 8.46. The number of tetrazole rings is 1. The molecule has 0 radical (unpaired) electrons. The predicted octanol–water partition coefficient (Wildman–Crippen LogP) is 2.35. The molecule has 134 valence electrons. The van der Waals surface area contributed by atoms with Crippen LogP contribution in [-0.2, 0) is 0 Å². The van der Waals surface area contributed by atoms with E-state index < -0.39 is 0 Å². The van der Waals surface area contributed by atoms with E-state index in [1.165, 1.54) is 11.0 Å². The van der Waals surface area contributed by atoms with E-state index in [0.29, 0.717) is 17.1 Å². The van der Waals surface area contributed by atoms with Gasteiger partial charge in [0.2, 0.25) is 0 Å². The van der Waals surface area contributed by atoms with Crippen molar-refractivity contribution in [1.29, 1.82) is 0 Å². The Bertz CT molecular complexity index is 881. The highest BCUT2D eigenvalue weighted by atomic mass is 35.5. The number of nitrogens with one attached hydrogen (secondary N) is 1. The molecule has 0 saturated carbocycles. The number of likely N-dealkylation sites (N-methyl/N-ethyl adjacent to an activating group) is 1. The van der Waals surface area contributed by atoms with Crippen molar-refractivity contribution >= 4 is 17.5 Å². The molecule has 1 aromatic heterocycles. The molecule has 0 aliphatic heterocycles. The summed E-state index contributed by atoms with van der Waals surface area (Å²) in [5.74, 6) is -0.168. The Balaban J connectivity index is 1.73. The summed E-state index contributed by atoms with van der Waals surface area (Å²) < 4.78 is 1.50. The van der Waals surface area contributed by atoms with Crippen molar-refractivity contribution in [1.82, 2.24) is 30.4 Å². The van der Waals surface area contributed by atoms with Crippen LogP contribution in [0.2, 0.25) is 5.02 Å². The summed E-state index contributed by atoms with van der Waals surface area (Å²) in [4.78, 5) is 14.6. The normalized spacial score (nSPS) is 12.2. The summed E-state index contributed by atoms with van der Waals surface area (Å²) in [6.07, 6.45) is 1.48. The highest BCUT2D eigenvalue weighted by Gasteiger charge is 2.18. The second-order valence-corrected chi connectivity index (χ2v) is 6.42. The zero-order valence-electron chi connectivity index (χ0n) is 14.5. The molecule has 26 heavy (non-hydrogen) atoms. The molecule has 3 aromatic rings. The zero-order chi connectivity index (χ0) is 18.5. The number of carbonyl (C=O) groups excluding carboxylic acids is 1. The monoisotopic (exact) mass is 370 g/mol. The van der Waals surface area contributed by atoms with Gasteiger partial charge >= 0.3 is 0 Å². The van der Waals surface area contributed by atoms with Gasteiger partial charge in [-0.05, 0) is 54.4 Å². The number of hydrogen-bond donors (Lipinski definition) is 1. The van der Waals surface area contributed by atoms with Gasteiger partial charge in [-0.15, -0.1) is 5.10 Å². The molecular weight excluding hydrogens is 352 g/mol. The van der Waals surface area contributed by atoms with Gasteiger partial charge in [0.05, 0.1) is 11.7 Å². The van der Waals surface area contributed by atoms with Crippen LogP contribution in [0.5, 0.6) is 0 Å². The van der Waals surface area contributed by atoms with Gasteiger partial charge in [-0.1, -0.05) is 35.9 Å². The van der Waals surface area contributed by atoms with E-state index in [0.717, 1.165) is 11.3 Å². The minimum absolute atomic E-state index is 0.0321. The maximum atomic E-state index is 12.6. The molecule has 2 aromatic carbocycles. The number of amides is 1. The summed E-state index contributed by atoms with van der Waals surface area (Å²) in [5, 5.41) is 14.7. The highest BCUT2D eigenvalue weighted by molar-refractivity contribution is 6.31. The average molecular weight is 371 g/mol. The lowest BCUT2D eigenvalue weighted by atomic mass is 10.1. The van der Waals surface area contributed by atoms with Gasteiger partial charge in [-0.3, -0.25) is 4.79 Å². The molecule has 1 heterocycles. The minimum atomic E-state index is -0.168. The number of carbonyl (C=O) groups is 1. The fourth-order valence-electron chi connectivity index (χ4n) is 2.68. The Morgan fingerprint density at radius 2 is 2.04 bits per heavy atom. The van der Waals surface area contributed by atoms with Crippen LogP contribution in [0.4, 0.5) is 0 Å². The first-order chi connectivity index (χ1) is 12.6. The van der Waals surface area contributed by atoms with E-state index in [-0.39, 0.29) is 11.9 Å². The van der Waals surface area contributed by atoms with Gasteiger partial charge in [0.1, 0.15) is 6.33 Å². The standard InChI is InChI=1S/C18H19ClN6O/c1-24(2)17(15-8-3-4-9-16(15)19)11-20-18(26)13-6-5-7-14(10-13)25-12-21-22-23-25/h3-10,12,17H,11H2,1-2H3,(H,20,26)/t17-/m0/s1. The van der Waals surface area contributed by atoms with Crippen LogP contribution >= 0.6 is 11.6 Å². The van der Waals surface area contributed by atoms with Crippen molar-refractivity contribution in [2.45, 2.75) is 6.04 Å². The van der Waals surface area contributed by atoms with Crippen molar-refractivity contribution < 1.29 is 4.79 Å². The van der Waals surface area contributed by atoms with Crippen molar-refractivity contribution in [2.75, 3.05) is 20.6 Å². The Kier molecular flexibility index (Phi) is 5.60. The van der Waals surface area contributed by atoms with Crippen LogP contribution in [0, 0.1) is 0 Å². The van der Waals surface area contributed by atoms with E-state index in [1.807, 2.05) is 49.3 Å². The number of rotatable bonds is 6. The van der Waals surface area contributed by atoms with Crippen LogP contribution < -0.4 is 5.32 Å². The number of benzene rings is 2. The van der Waals surface area contributed by atoms with Gasteiger partial charge in [0.15, 0.2) is 0 Å². The lowest BCUT2D eigenvalue weighted by molar-refractivity contribution is 0.0942. The largest absolute Gasteiger partial charge is 0.350 e. The summed E-state index contributed by atoms with van der Waals surface area (Å²) in [6, 6.07) is 14.7. The smallest absolute Gasteiger partial charge is 0.251 e. The third kappa shape index (κ3) is 4.07. The molecule has 3 rings (SSSR count). The molecule has 0 unspecified atom stereocenters. The quantitative estimate of drug-likeness (QED) is 0.720. The summed E-state index contributed by atoms with van der Waals surface area (Å²) in [5.41, 5.74) is 2.23. The molecule has 0 bridgehead atoms. The van der Waals surface area contributed by atoms with Crippen LogP contribution in [0.3, 0.4) is 0 Å². The Morgan fingerprint density at radius 1 is 1.23 bits per heavy atom. The Morgan fingerprint density at radius 3 is 2.73 bits per heavy atom. The highest BCUT2D eigenvalue weighted by Crippen LogP contribution is 2.25. The summed E-state index contributed by atoms with van der Waals surface area (Å²) in [7, 11) is 3.91. The molecule has 0 fully saturated rings. The molecule has 7 nitrogen and oxygen atoms in total. The minimum Gasteiger partial charge on any atom is -0.350 e. The average Bonchev–Trinajstić information content (AvgIpc) is 3.18. The van der Waals surface area contributed by atoms with Gasteiger partial charge in [0.25, 0.3) is 5.91 Å². The number of halogens is 1. The topological polar surface area (TPSA) is 75.9 Å². The van der Waals surface area contributed by atoms with Gasteiger partial charge in [-0.25, -0.2) is 4.68 Å². The van der Waals surface area contributed by atoms with E-state index in [4.69, 9.17) is 11.6 Å². The molecule has 0 spiro atoms. The van der Waals surface area contributed by atoms with Crippen molar-refractivity contribution in [3.63, 3.8) is 0 Å². The van der Waals surface area contributed by atoms with Gasteiger partial charge < -0.3 is 10.2 Å². The van der Waals surface area contributed by atoms with Crippen LogP contribution in [0.15, 0.2) is 54.9 Å². The Hall–Kier alpha value is -2.77.